The standard InChI is InChI=1S/C59H43N3/c1-40(58-50-28-14-12-21-44(50)38-55(61-58)42-19-5-2-6-20-42)57(60)43-32-34-47(35-33-43)62(56-31-17-22-41-18-11-13-27-49(41)56)48-36-37-52-51-29-15-16-30-53(51)59(54(52)39-48,45-23-7-3-8-24-45)46-25-9-4-10-26-46/h2-39,60-61H,1H3/b58-40-,60-57?. The lowest BCUT2D eigenvalue weighted by Crippen LogP contribution is -2.28. The molecule has 0 radical (unpaired) electrons. The molecule has 0 fully saturated rings. The van der Waals surface area contributed by atoms with Gasteiger partial charge in [0.2, 0.25) is 0 Å². The minimum absolute atomic E-state index is 0.477. The van der Waals surface area contributed by atoms with Crippen molar-refractivity contribution in [2.24, 2.45) is 0 Å². The first-order valence-corrected chi connectivity index (χ1v) is 21.3. The van der Waals surface area contributed by atoms with Crippen LogP contribution in [-0.4, -0.2) is 5.71 Å². The Labute approximate surface area is 363 Å². The number of fused-ring (bicyclic) bond motifs is 5. The fraction of sp³-hybridized carbons (Fsp3) is 0.0339. The van der Waals surface area contributed by atoms with E-state index in [0.717, 1.165) is 61.7 Å². The number of nitrogens with one attached hydrogen (secondary N) is 2. The van der Waals surface area contributed by atoms with E-state index in [4.69, 9.17) is 0 Å². The maximum atomic E-state index is 9.62. The Morgan fingerprint density at radius 1 is 0.500 bits per heavy atom. The Kier molecular flexibility index (Phi) is 9.09. The van der Waals surface area contributed by atoms with E-state index in [1.807, 2.05) is 6.07 Å². The number of benzene rings is 9. The van der Waals surface area contributed by atoms with Gasteiger partial charge in [-0.2, -0.15) is 0 Å². The molecule has 1 heterocycles. The van der Waals surface area contributed by atoms with Gasteiger partial charge < -0.3 is 10.2 Å². The molecule has 2 N–H and O–H groups in total. The van der Waals surface area contributed by atoms with Crippen LogP contribution in [0.2, 0.25) is 0 Å². The van der Waals surface area contributed by atoms with Crippen molar-refractivity contribution in [1.82, 2.24) is 5.32 Å². The molecular formula is C59H43N3. The van der Waals surface area contributed by atoms with Crippen LogP contribution in [0.25, 0.3) is 39.4 Å². The quantitative estimate of drug-likeness (QED) is 0.150. The molecule has 1 aliphatic carbocycles. The van der Waals surface area contributed by atoms with Crippen LogP contribution >= 0.6 is 0 Å². The Hall–Kier alpha value is -8.01. The monoisotopic (exact) mass is 793 g/mol. The average molecular weight is 794 g/mol. The van der Waals surface area contributed by atoms with Gasteiger partial charge in [-0.15, -0.1) is 0 Å². The summed E-state index contributed by atoms with van der Waals surface area (Å²) >= 11 is 0. The zero-order valence-corrected chi connectivity index (χ0v) is 34.4. The molecule has 0 spiro atoms. The lowest BCUT2D eigenvalue weighted by molar-refractivity contribution is 0.768. The number of anilines is 3. The second-order valence-corrected chi connectivity index (χ2v) is 16.1. The van der Waals surface area contributed by atoms with Crippen molar-refractivity contribution in [2.45, 2.75) is 12.3 Å². The van der Waals surface area contributed by atoms with E-state index in [0.29, 0.717) is 5.71 Å². The molecule has 0 saturated heterocycles. The molecule has 0 atom stereocenters. The van der Waals surface area contributed by atoms with Gasteiger partial charge in [0.25, 0.3) is 0 Å². The van der Waals surface area contributed by atoms with Gasteiger partial charge in [0.1, 0.15) is 0 Å². The van der Waals surface area contributed by atoms with E-state index in [2.05, 4.69) is 242 Å². The molecule has 0 amide bonds. The van der Waals surface area contributed by atoms with Crippen LogP contribution in [0.1, 0.15) is 51.4 Å². The normalized spacial score (nSPS) is 14.2. The highest BCUT2D eigenvalue weighted by molar-refractivity contribution is 6.16. The van der Waals surface area contributed by atoms with Gasteiger partial charge in [-0.3, -0.25) is 5.41 Å². The second-order valence-electron chi connectivity index (χ2n) is 16.1. The molecule has 1 aliphatic heterocycles. The Balaban J connectivity index is 1.06. The predicted octanol–water partition coefficient (Wildman–Crippen LogP) is 14.6. The van der Waals surface area contributed by atoms with Crippen molar-refractivity contribution >= 4 is 51.0 Å². The molecular weight excluding hydrogens is 751 g/mol. The fourth-order valence-electron chi connectivity index (χ4n) is 9.83. The first-order chi connectivity index (χ1) is 30.6. The maximum absolute atomic E-state index is 9.62. The second kappa shape index (κ2) is 15.2. The molecule has 0 saturated carbocycles. The van der Waals surface area contributed by atoms with Gasteiger partial charge in [0.15, 0.2) is 0 Å². The van der Waals surface area contributed by atoms with Gasteiger partial charge in [-0.25, -0.2) is 0 Å². The number of allylic oxidation sites excluding steroid dienone is 1. The summed E-state index contributed by atoms with van der Waals surface area (Å²) in [6, 6.07) is 80.4. The highest BCUT2D eigenvalue weighted by atomic mass is 15.1. The minimum atomic E-state index is -0.528. The van der Waals surface area contributed by atoms with Crippen LogP contribution in [0.5, 0.6) is 0 Å². The largest absolute Gasteiger partial charge is 0.354 e. The molecule has 0 unspecified atom stereocenters. The first kappa shape index (κ1) is 37.0. The number of rotatable bonds is 8. The van der Waals surface area contributed by atoms with E-state index < -0.39 is 5.41 Å². The van der Waals surface area contributed by atoms with Crippen LogP contribution in [0.3, 0.4) is 0 Å². The lowest BCUT2D eigenvalue weighted by Gasteiger charge is -2.35. The summed E-state index contributed by atoms with van der Waals surface area (Å²) < 4.78 is 0. The summed E-state index contributed by atoms with van der Waals surface area (Å²) in [7, 11) is 0. The molecule has 9 aromatic rings. The van der Waals surface area contributed by atoms with Crippen LogP contribution in [0.4, 0.5) is 17.1 Å². The third-order valence-corrected chi connectivity index (χ3v) is 12.7. The van der Waals surface area contributed by atoms with Crippen LogP contribution in [0.15, 0.2) is 230 Å². The van der Waals surface area contributed by atoms with Gasteiger partial charge in [0, 0.05) is 28.0 Å². The molecule has 11 rings (SSSR count). The number of hydrogen-bond acceptors (Lipinski definition) is 3. The van der Waals surface area contributed by atoms with E-state index >= 15 is 0 Å². The first-order valence-electron chi connectivity index (χ1n) is 21.3. The lowest BCUT2D eigenvalue weighted by atomic mass is 9.67. The van der Waals surface area contributed by atoms with Crippen molar-refractivity contribution in [3.63, 3.8) is 0 Å². The SMILES string of the molecule is C/C(C(=N)c1ccc(N(c2ccc3c(c2)C(c2ccccc2)(c2ccccc2)c2ccccc2-3)c2cccc3ccccc23)cc1)=C1/NC(c2ccccc2)=Cc2ccccc21. The summed E-state index contributed by atoms with van der Waals surface area (Å²) in [6.45, 7) is 2.06. The highest BCUT2D eigenvalue weighted by Gasteiger charge is 2.46. The fourth-order valence-corrected chi connectivity index (χ4v) is 9.83. The molecule has 2 aliphatic rings. The van der Waals surface area contributed by atoms with E-state index in [1.54, 1.807) is 0 Å². The Bertz CT molecular complexity index is 3170. The van der Waals surface area contributed by atoms with Gasteiger partial charge in [0.05, 0.1) is 22.5 Å². The van der Waals surface area contributed by atoms with Crippen molar-refractivity contribution in [1.29, 1.82) is 5.41 Å². The van der Waals surface area contributed by atoms with E-state index in [1.165, 1.54) is 38.8 Å². The van der Waals surface area contributed by atoms with Crippen LogP contribution in [-0.2, 0) is 5.41 Å². The smallest absolute Gasteiger partial charge is 0.0714 e. The molecule has 9 aromatic carbocycles. The predicted molar refractivity (Wildman–Crippen MR) is 259 cm³/mol. The Morgan fingerprint density at radius 2 is 1.08 bits per heavy atom. The zero-order valence-electron chi connectivity index (χ0n) is 34.4. The van der Waals surface area contributed by atoms with Gasteiger partial charge in [-0.1, -0.05) is 194 Å². The molecule has 0 bridgehead atoms. The topological polar surface area (TPSA) is 39.1 Å². The summed E-state index contributed by atoms with van der Waals surface area (Å²) in [5.41, 5.74) is 17.7. The number of nitrogens with zero attached hydrogens (tertiary/aromatic N) is 1. The number of hydrogen-bond donors (Lipinski definition) is 2. The molecule has 3 nitrogen and oxygen atoms in total. The van der Waals surface area contributed by atoms with Crippen molar-refractivity contribution in [2.75, 3.05) is 4.90 Å². The van der Waals surface area contributed by atoms with E-state index in [-0.39, 0.29) is 0 Å². The third-order valence-electron chi connectivity index (χ3n) is 12.7. The molecule has 294 valence electrons. The molecule has 62 heavy (non-hydrogen) atoms. The van der Waals surface area contributed by atoms with E-state index in [9.17, 15) is 5.41 Å². The van der Waals surface area contributed by atoms with Gasteiger partial charge >= 0.3 is 0 Å². The third kappa shape index (κ3) is 6.01. The summed E-state index contributed by atoms with van der Waals surface area (Å²) in [4.78, 5) is 2.39. The Morgan fingerprint density at radius 3 is 1.82 bits per heavy atom. The molecule has 3 heteroatoms. The zero-order chi connectivity index (χ0) is 41.6. The van der Waals surface area contributed by atoms with Crippen LogP contribution < -0.4 is 10.2 Å². The summed E-state index contributed by atoms with van der Waals surface area (Å²) in [5, 5.41) is 15.7. The van der Waals surface area contributed by atoms with Crippen molar-refractivity contribution in [3.8, 4) is 11.1 Å². The van der Waals surface area contributed by atoms with Crippen LogP contribution in [0, 0.1) is 5.41 Å². The summed E-state index contributed by atoms with van der Waals surface area (Å²) in [5.74, 6) is 0. The van der Waals surface area contributed by atoms with Crippen molar-refractivity contribution in [3.05, 3.63) is 275 Å². The minimum Gasteiger partial charge on any atom is -0.354 e. The maximum Gasteiger partial charge on any atom is 0.0714 e. The summed E-state index contributed by atoms with van der Waals surface area (Å²) in [6.07, 6.45) is 2.20. The highest BCUT2D eigenvalue weighted by Crippen LogP contribution is 2.57. The average Bonchev–Trinajstić information content (AvgIpc) is 3.65. The molecule has 0 aromatic heterocycles. The van der Waals surface area contributed by atoms with Gasteiger partial charge in [-0.05, 0) is 104 Å². The van der Waals surface area contributed by atoms with Crippen molar-refractivity contribution < 1.29 is 0 Å².